The van der Waals surface area contributed by atoms with Crippen molar-refractivity contribution < 1.29 is 24.9 Å². The fourth-order valence-electron chi connectivity index (χ4n) is 3.54. The molecule has 0 unspecified atom stereocenters. The molecule has 0 bridgehead atoms. The van der Waals surface area contributed by atoms with Gasteiger partial charge in [-0.3, -0.25) is 9.59 Å². The highest BCUT2D eigenvalue weighted by Crippen LogP contribution is 2.34. The second kappa shape index (κ2) is 12.2. The van der Waals surface area contributed by atoms with Crippen LogP contribution < -0.4 is 0 Å². The molecule has 0 aliphatic heterocycles. The van der Waals surface area contributed by atoms with Crippen molar-refractivity contribution in [1.29, 1.82) is 0 Å². The van der Waals surface area contributed by atoms with Crippen molar-refractivity contribution in [3.05, 3.63) is 12.2 Å². The number of ketones is 1. The third-order valence-electron chi connectivity index (χ3n) is 5.05. The maximum absolute atomic E-state index is 12.1. The summed E-state index contributed by atoms with van der Waals surface area (Å²) < 4.78 is 0. The Balaban J connectivity index is 2.39. The van der Waals surface area contributed by atoms with E-state index in [1.165, 1.54) is 0 Å². The zero-order valence-corrected chi connectivity index (χ0v) is 15.4. The van der Waals surface area contributed by atoms with Crippen LogP contribution in [0, 0.1) is 11.8 Å². The average molecular weight is 354 g/mol. The van der Waals surface area contributed by atoms with Crippen LogP contribution in [0.3, 0.4) is 0 Å². The van der Waals surface area contributed by atoms with Gasteiger partial charge in [0.15, 0.2) is 0 Å². The molecule has 0 aromatic heterocycles. The number of unbranched alkanes of at least 4 members (excludes halogenated alkanes) is 5. The molecule has 1 aliphatic rings. The van der Waals surface area contributed by atoms with Crippen LogP contribution in [0.5, 0.6) is 0 Å². The molecule has 1 saturated carbocycles. The number of carbonyl (C=O) groups excluding carboxylic acids is 1. The molecular formula is C20H34O5. The molecule has 0 amide bonds. The largest absolute Gasteiger partial charge is 0.481 e. The van der Waals surface area contributed by atoms with E-state index >= 15 is 0 Å². The Morgan fingerprint density at radius 2 is 1.92 bits per heavy atom. The van der Waals surface area contributed by atoms with Crippen LogP contribution in [0.2, 0.25) is 0 Å². The number of hydrogen-bond donors (Lipinski definition) is 3. The zero-order chi connectivity index (χ0) is 18.7. The van der Waals surface area contributed by atoms with E-state index in [0.29, 0.717) is 6.42 Å². The Morgan fingerprint density at radius 3 is 2.60 bits per heavy atom. The van der Waals surface area contributed by atoms with Gasteiger partial charge in [-0.2, -0.15) is 0 Å². The predicted molar refractivity (Wildman–Crippen MR) is 97.2 cm³/mol. The molecule has 5 nitrogen and oxygen atoms in total. The summed E-state index contributed by atoms with van der Waals surface area (Å²) in [4.78, 5) is 22.6. The number of hydrogen-bond acceptors (Lipinski definition) is 4. The van der Waals surface area contributed by atoms with E-state index in [1.807, 2.05) is 6.08 Å². The van der Waals surface area contributed by atoms with Crippen LogP contribution in [0.25, 0.3) is 0 Å². The predicted octanol–water partition coefficient (Wildman–Crippen LogP) is 3.48. The van der Waals surface area contributed by atoms with Gasteiger partial charge < -0.3 is 15.3 Å². The van der Waals surface area contributed by atoms with Crippen LogP contribution in [-0.2, 0) is 9.59 Å². The van der Waals surface area contributed by atoms with Crippen molar-refractivity contribution in [2.75, 3.05) is 0 Å². The molecule has 3 N–H and O–H groups in total. The Kier molecular flexibility index (Phi) is 10.7. The lowest BCUT2D eigenvalue weighted by Gasteiger charge is -2.18. The molecule has 1 rings (SSSR count). The van der Waals surface area contributed by atoms with E-state index in [2.05, 4.69) is 6.92 Å². The van der Waals surface area contributed by atoms with Gasteiger partial charge >= 0.3 is 5.97 Å². The van der Waals surface area contributed by atoms with Crippen molar-refractivity contribution in [1.82, 2.24) is 0 Å². The number of aliphatic carboxylic acids is 1. The summed E-state index contributed by atoms with van der Waals surface area (Å²) in [6.07, 6.45) is 10.7. The summed E-state index contributed by atoms with van der Waals surface area (Å²) in [7, 11) is 0. The summed E-state index contributed by atoms with van der Waals surface area (Å²) in [5, 5.41) is 28.7. The summed E-state index contributed by atoms with van der Waals surface area (Å²) >= 11 is 0. The van der Waals surface area contributed by atoms with Gasteiger partial charge in [-0.05, 0) is 19.3 Å². The normalized spacial score (nSPS) is 24.9. The van der Waals surface area contributed by atoms with Crippen LogP contribution in [0.4, 0.5) is 0 Å². The van der Waals surface area contributed by atoms with Gasteiger partial charge in [0, 0.05) is 24.7 Å². The first kappa shape index (κ1) is 21.8. The van der Waals surface area contributed by atoms with Gasteiger partial charge in [-0.25, -0.2) is 0 Å². The SMILES string of the molecule is CCCCC[C@@H](O)/C=C/[C@@H]1[C@H](O)CC(=O)[C@@H]1CCCCCCC(=O)O. The summed E-state index contributed by atoms with van der Waals surface area (Å²) in [6.45, 7) is 2.12. The number of carboxylic acid groups (broad SMARTS) is 1. The highest BCUT2D eigenvalue weighted by atomic mass is 16.4. The molecule has 0 aromatic carbocycles. The minimum absolute atomic E-state index is 0.105. The molecule has 0 aromatic rings. The summed E-state index contributed by atoms with van der Waals surface area (Å²) in [5.41, 5.74) is 0. The lowest BCUT2D eigenvalue weighted by Crippen LogP contribution is -2.19. The summed E-state index contributed by atoms with van der Waals surface area (Å²) in [6, 6.07) is 0. The molecule has 5 heteroatoms. The van der Waals surface area contributed by atoms with Gasteiger partial charge in [0.05, 0.1) is 12.2 Å². The minimum atomic E-state index is -0.767. The number of carbonyl (C=O) groups is 2. The third-order valence-corrected chi connectivity index (χ3v) is 5.05. The lowest BCUT2D eigenvalue weighted by molar-refractivity contribution is -0.137. The molecule has 144 valence electrons. The maximum atomic E-state index is 12.1. The van der Waals surface area contributed by atoms with Gasteiger partial charge in [-0.15, -0.1) is 0 Å². The molecule has 0 heterocycles. The van der Waals surface area contributed by atoms with Crippen LogP contribution in [-0.4, -0.2) is 39.3 Å². The molecule has 25 heavy (non-hydrogen) atoms. The van der Waals surface area contributed by atoms with Crippen LogP contribution in [0.1, 0.15) is 77.6 Å². The molecule has 4 atom stereocenters. The Morgan fingerprint density at radius 1 is 1.20 bits per heavy atom. The first-order valence-electron chi connectivity index (χ1n) is 9.74. The highest BCUT2D eigenvalue weighted by molar-refractivity contribution is 5.84. The first-order chi connectivity index (χ1) is 12.0. The highest BCUT2D eigenvalue weighted by Gasteiger charge is 2.39. The number of rotatable bonds is 13. The minimum Gasteiger partial charge on any atom is -0.481 e. The molecule has 1 aliphatic carbocycles. The third kappa shape index (κ3) is 8.63. The number of carboxylic acids is 1. The van der Waals surface area contributed by atoms with E-state index < -0.39 is 18.2 Å². The second-order valence-corrected chi connectivity index (χ2v) is 7.22. The second-order valence-electron chi connectivity index (χ2n) is 7.22. The monoisotopic (exact) mass is 354 g/mol. The van der Waals surface area contributed by atoms with Crippen LogP contribution in [0.15, 0.2) is 12.2 Å². The van der Waals surface area contributed by atoms with E-state index in [9.17, 15) is 19.8 Å². The van der Waals surface area contributed by atoms with Gasteiger partial charge in [0.2, 0.25) is 0 Å². The number of aliphatic hydroxyl groups excluding tert-OH is 2. The molecule has 0 spiro atoms. The van der Waals surface area contributed by atoms with Crippen LogP contribution >= 0.6 is 0 Å². The van der Waals surface area contributed by atoms with Crippen molar-refractivity contribution in [2.45, 2.75) is 89.8 Å². The van der Waals surface area contributed by atoms with Crippen molar-refractivity contribution in [2.24, 2.45) is 11.8 Å². The van der Waals surface area contributed by atoms with Crippen molar-refractivity contribution in [3.63, 3.8) is 0 Å². The molecule has 0 radical (unpaired) electrons. The fourth-order valence-corrected chi connectivity index (χ4v) is 3.54. The molecular weight excluding hydrogens is 320 g/mol. The smallest absolute Gasteiger partial charge is 0.303 e. The van der Waals surface area contributed by atoms with E-state index in [0.717, 1.165) is 51.4 Å². The van der Waals surface area contributed by atoms with Gasteiger partial charge in [-0.1, -0.05) is 57.6 Å². The standard InChI is InChI=1S/C20H34O5/c1-2-3-6-9-15(21)12-13-17-16(18(22)14-19(17)23)10-7-4-5-8-11-20(24)25/h12-13,15-17,19,21,23H,2-11,14H2,1H3,(H,24,25)/b13-12+/t15-,16-,17+,19-/m1/s1. The number of Topliss-reactive ketones (excluding diaryl/α,β-unsaturated/α-hetero) is 1. The van der Waals surface area contributed by atoms with Gasteiger partial charge in [0.1, 0.15) is 5.78 Å². The van der Waals surface area contributed by atoms with E-state index in [1.54, 1.807) is 6.08 Å². The summed E-state index contributed by atoms with van der Waals surface area (Å²) in [5.74, 6) is -1.04. The Bertz CT molecular complexity index is 432. The van der Waals surface area contributed by atoms with Crippen molar-refractivity contribution >= 4 is 11.8 Å². The molecule has 1 fully saturated rings. The topological polar surface area (TPSA) is 94.8 Å². The first-order valence-corrected chi connectivity index (χ1v) is 9.74. The molecule has 0 saturated heterocycles. The van der Waals surface area contributed by atoms with E-state index in [-0.39, 0.29) is 30.5 Å². The average Bonchev–Trinajstić information content (AvgIpc) is 2.82. The van der Waals surface area contributed by atoms with Crippen molar-refractivity contribution in [3.8, 4) is 0 Å². The maximum Gasteiger partial charge on any atom is 0.303 e. The van der Waals surface area contributed by atoms with E-state index in [4.69, 9.17) is 5.11 Å². The quantitative estimate of drug-likeness (QED) is 0.348. The van der Waals surface area contributed by atoms with Gasteiger partial charge in [0.25, 0.3) is 0 Å². The lowest BCUT2D eigenvalue weighted by atomic mass is 9.88. The zero-order valence-electron chi connectivity index (χ0n) is 15.4. The Labute approximate surface area is 151 Å². The Hall–Kier alpha value is -1.20. The number of aliphatic hydroxyl groups is 2. The fraction of sp³-hybridized carbons (Fsp3) is 0.800.